The zero-order valence-electron chi connectivity index (χ0n) is 13.5. The van der Waals surface area contributed by atoms with Gasteiger partial charge in [-0.3, -0.25) is 9.58 Å². The first kappa shape index (κ1) is 15.5. The van der Waals surface area contributed by atoms with Gasteiger partial charge in [-0.2, -0.15) is 5.10 Å². The Hall–Kier alpha value is -0.870. The summed E-state index contributed by atoms with van der Waals surface area (Å²) in [5.74, 6) is 0. The maximum Gasteiger partial charge on any atom is 0.0625 e. The second kappa shape index (κ2) is 7.23. The molecule has 2 rings (SSSR count). The van der Waals surface area contributed by atoms with E-state index in [1.165, 1.54) is 37.2 Å². The summed E-state index contributed by atoms with van der Waals surface area (Å²) >= 11 is 0. The average molecular weight is 278 g/mol. The van der Waals surface area contributed by atoms with Crippen LogP contribution >= 0.6 is 0 Å². The fourth-order valence-electron chi connectivity index (χ4n) is 3.27. The second-order valence-electron chi connectivity index (χ2n) is 5.91. The van der Waals surface area contributed by atoms with Gasteiger partial charge in [0, 0.05) is 25.2 Å². The minimum Gasteiger partial charge on any atom is -0.316 e. The predicted molar refractivity (Wildman–Crippen MR) is 83.8 cm³/mol. The Morgan fingerprint density at radius 1 is 1.40 bits per heavy atom. The van der Waals surface area contributed by atoms with E-state index in [2.05, 4.69) is 53.9 Å². The summed E-state index contributed by atoms with van der Waals surface area (Å²) in [6, 6.07) is 3.50. The molecule has 1 fully saturated rings. The van der Waals surface area contributed by atoms with Crippen molar-refractivity contribution in [2.75, 3.05) is 13.6 Å². The summed E-state index contributed by atoms with van der Waals surface area (Å²) in [6.07, 6.45) is 5.02. The van der Waals surface area contributed by atoms with Crippen LogP contribution in [0.1, 0.15) is 51.4 Å². The van der Waals surface area contributed by atoms with Crippen LogP contribution in [0.3, 0.4) is 0 Å². The first-order valence-corrected chi connectivity index (χ1v) is 8.16. The molecule has 0 aliphatic carbocycles. The van der Waals surface area contributed by atoms with E-state index in [1.54, 1.807) is 0 Å². The van der Waals surface area contributed by atoms with E-state index >= 15 is 0 Å². The minimum atomic E-state index is 0.555. The van der Waals surface area contributed by atoms with Crippen molar-refractivity contribution >= 4 is 0 Å². The van der Waals surface area contributed by atoms with Crippen molar-refractivity contribution in [2.45, 2.75) is 71.6 Å². The number of hydrogen-bond acceptors (Lipinski definition) is 3. The molecule has 0 radical (unpaired) electrons. The lowest BCUT2D eigenvalue weighted by atomic mass is 9.96. The Morgan fingerprint density at radius 3 is 2.85 bits per heavy atom. The van der Waals surface area contributed by atoms with Crippen LogP contribution in [0.4, 0.5) is 0 Å². The zero-order valence-corrected chi connectivity index (χ0v) is 13.5. The summed E-state index contributed by atoms with van der Waals surface area (Å²) in [5.41, 5.74) is 2.59. The van der Waals surface area contributed by atoms with Gasteiger partial charge in [0.05, 0.1) is 11.4 Å². The third-order valence-electron chi connectivity index (χ3n) is 4.64. The molecule has 20 heavy (non-hydrogen) atoms. The molecular weight excluding hydrogens is 248 g/mol. The second-order valence-corrected chi connectivity index (χ2v) is 5.91. The quantitative estimate of drug-likeness (QED) is 0.867. The van der Waals surface area contributed by atoms with Gasteiger partial charge in [0.1, 0.15) is 0 Å². The highest BCUT2D eigenvalue weighted by atomic mass is 15.3. The Balaban J connectivity index is 2.11. The van der Waals surface area contributed by atoms with Crippen molar-refractivity contribution < 1.29 is 0 Å². The number of likely N-dealkylation sites (N-methyl/N-ethyl adjacent to an activating group) is 1. The van der Waals surface area contributed by atoms with E-state index in [-0.39, 0.29) is 0 Å². The van der Waals surface area contributed by atoms with Gasteiger partial charge < -0.3 is 5.32 Å². The number of likely N-dealkylation sites (tertiary alicyclic amines) is 1. The first-order valence-electron chi connectivity index (χ1n) is 8.16. The number of hydrogen-bond donors (Lipinski definition) is 1. The van der Waals surface area contributed by atoms with E-state index in [1.807, 2.05) is 0 Å². The van der Waals surface area contributed by atoms with Gasteiger partial charge in [-0.15, -0.1) is 0 Å². The SMILES string of the molecule is CCc1cc(CN2CCCCC2C(C)NC)n(CC)n1. The molecule has 1 aromatic rings. The van der Waals surface area contributed by atoms with Crippen LogP contribution in [0.15, 0.2) is 6.07 Å². The third kappa shape index (κ3) is 3.41. The molecule has 2 unspecified atom stereocenters. The average Bonchev–Trinajstić information content (AvgIpc) is 2.89. The molecule has 1 aliphatic heterocycles. The number of piperidine rings is 1. The van der Waals surface area contributed by atoms with Crippen LogP contribution in [0, 0.1) is 0 Å². The maximum atomic E-state index is 4.68. The molecule has 0 amide bonds. The number of aromatic nitrogens is 2. The fourth-order valence-corrected chi connectivity index (χ4v) is 3.27. The minimum absolute atomic E-state index is 0.555. The van der Waals surface area contributed by atoms with Crippen molar-refractivity contribution in [3.05, 3.63) is 17.5 Å². The van der Waals surface area contributed by atoms with Crippen molar-refractivity contribution in [1.82, 2.24) is 20.0 Å². The lowest BCUT2D eigenvalue weighted by molar-refractivity contribution is 0.111. The topological polar surface area (TPSA) is 33.1 Å². The van der Waals surface area contributed by atoms with E-state index in [0.29, 0.717) is 12.1 Å². The molecule has 0 bridgehead atoms. The lowest BCUT2D eigenvalue weighted by Crippen LogP contribution is -2.49. The molecule has 2 atom stereocenters. The molecule has 1 N–H and O–H groups in total. The molecule has 114 valence electrons. The summed E-state index contributed by atoms with van der Waals surface area (Å²) < 4.78 is 2.18. The zero-order chi connectivity index (χ0) is 14.5. The van der Waals surface area contributed by atoms with Crippen molar-refractivity contribution in [3.63, 3.8) is 0 Å². The van der Waals surface area contributed by atoms with Gasteiger partial charge in [0.15, 0.2) is 0 Å². The van der Waals surface area contributed by atoms with Crippen LogP contribution in [0.25, 0.3) is 0 Å². The molecule has 0 spiro atoms. The van der Waals surface area contributed by atoms with Gasteiger partial charge >= 0.3 is 0 Å². The lowest BCUT2D eigenvalue weighted by Gasteiger charge is -2.39. The normalized spacial score (nSPS) is 22.1. The van der Waals surface area contributed by atoms with Gasteiger partial charge in [0.2, 0.25) is 0 Å². The third-order valence-corrected chi connectivity index (χ3v) is 4.64. The first-order chi connectivity index (χ1) is 9.69. The fraction of sp³-hybridized carbons (Fsp3) is 0.812. The van der Waals surface area contributed by atoms with Gasteiger partial charge in [0.25, 0.3) is 0 Å². The number of rotatable bonds is 6. The highest BCUT2D eigenvalue weighted by Crippen LogP contribution is 2.22. The Bertz CT molecular complexity index is 413. The summed E-state index contributed by atoms with van der Waals surface area (Å²) in [7, 11) is 2.07. The molecule has 0 saturated carbocycles. The monoisotopic (exact) mass is 278 g/mol. The van der Waals surface area contributed by atoms with Crippen molar-refractivity contribution in [3.8, 4) is 0 Å². The van der Waals surface area contributed by atoms with Crippen molar-refractivity contribution in [2.24, 2.45) is 0 Å². The van der Waals surface area contributed by atoms with E-state index in [9.17, 15) is 0 Å². The molecule has 4 heteroatoms. The van der Waals surface area contributed by atoms with Crippen LogP contribution < -0.4 is 5.32 Å². The van der Waals surface area contributed by atoms with Crippen LogP contribution in [-0.2, 0) is 19.5 Å². The van der Waals surface area contributed by atoms with Crippen LogP contribution in [-0.4, -0.2) is 40.4 Å². The summed E-state index contributed by atoms with van der Waals surface area (Å²) in [5, 5.41) is 8.11. The maximum absolute atomic E-state index is 4.68. The summed E-state index contributed by atoms with van der Waals surface area (Å²) in [4.78, 5) is 2.65. The largest absolute Gasteiger partial charge is 0.316 e. The van der Waals surface area contributed by atoms with E-state index < -0.39 is 0 Å². The predicted octanol–water partition coefficient (Wildman–Crippen LogP) is 2.43. The van der Waals surface area contributed by atoms with Gasteiger partial charge in [-0.25, -0.2) is 0 Å². The standard InChI is InChI=1S/C16H30N4/c1-5-14-11-15(20(6-2)18-14)12-19-10-8-7-9-16(19)13(3)17-4/h11,13,16-17H,5-10,12H2,1-4H3. The Labute approximate surface area is 123 Å². The summed E-state index contributed by atoms with van der Waals surface area (Å²) in [6.45, 7) is 9.89. The molecule has 2 heterocycles. The smallest absolute Gasteiger partial charge is 0.0625 e. The molecule has 1 aliphatic rings. The van der Waals surface area contributed by atoms with Gasteiger partial charge in [-0.1, -0.05) is 13.3 Å². The number of nitrogens with zero attached hydrogens (tertiary/aromatic N) is 3. The molecule has 0 aromatic carbocycles. The van der Waals surface area contributed by atoms with Gasteiger partial charge in [-0.05, 0) is 52.8 Å². The molecule has 1 aromatic heterocycles. The van der Waals surface area contributed by atoms with E-state index in [0.717, 1.165) is 19.5 Å². The van der Waals surface area contributed by atoms with Crippen LogP contribution in [0.2, 0.25) is 0 Å². The van der Waals surface area contributed by atoms with E-state index in [4.69, 9.17) is 0 Å². The highest BCUT2D eigenvalue weighted by molar-refractivity contribution is 5.11. The highest BCUT2D eigenvalue weighted by Gasteiger charge is 2.27. The Kier molecular flexibility index (Phi) is 5.61. The number of nitrogens with one attached hydrogen (secondary N) is 1. The van der Waals surface area contributed by atoms with Crippen LogP contribution in [0.5, 0.6) is 0 Å². The van der Waals surface area contributed by atoms with Crippen molar-refractivity contribution in [1.29, 1.82) is 0 Å². The molecule has 1 saturated heterocycles. The molecule has 4 nitrogen and oxygen atoms in total. The molecular formula is C16H30N4. The Morgan fingerprint density at radius 2 is 2.20 bits per heavy atom. The number of aryl methyl sites for hydroxylation is 2.